The molecular weight excluding hydrogens is 500 g/mol. The molecule has 2 aromatic carbocycles. The van der Waals surface area contributed by atoms with Crippen LogP contribution in [-0.4, -0.2) is 26.2 Å². The lowest BCUT2D eigenvalue weighted by Crippen LogP contribution is -2.36. The van der Waals surface area contributed by atoms with E-state index in [4.69, 9.17) is 0 Å². The van der Waals surface area contributed by atoms with Crippen LogP contribution in [0.15, 0.2) is 53.5 Å². The number of rotatable bonds is 5. The Morgan fingerprint density at radius 1 is 0.966 bits per heavy atom. The van der Waals surface area contributed by atoms with Gasteiger partial charge in [-0.05, 0) is 35.4 Å². The summed E-state index contributed by atoms with van der Waals surface area (Å²) in [6.45, 7) is 0.811. The molecule has 29 heavy (non-hydrogen) atoms. The fourth-order valence-electron chi connectivity index (χ4n) is 2.28. The molecule has 0 spiro atoms. The molecular formula is C19H22F3IN4O2. The van der Waals surface area contributed by atoms with E-state index in [1.165, 1.54) is 19.2 Å². The third-order valence-corrected chi connectivity index (χ3v) is 3.81. The summed E-state index contributed by atoms with van der Waals surface area (Å²) in [6.07, 6.45) is -4.88. The van der Waals surface area contributed by atoms with Crippen molar-refractivity contribution in [1.29, 1.82) is 0 Å². The molecule has 10 heteroatoms. The standard InChI is InChI=1S/C19H21F3N4O2.HI/c1-23-17(24-11-13-3-7-15(8-4-13)19(20,21)22)25-12-14-5-9-16(10-6-14)26-18(27)28-2;/h3-10H,11-12H2,1-2H3,(H,26,27)(H2,23,24,25);1H. The smallest absolute Gasteiger partial charge is 0.416 e. The van der Waals surface area contributed by atoms with Gasteiger partial charge in [0, 0.05) is 25.8 Å². The minimum atomic E-state index is -4.34. The second kappa shape index (κ2) is 11.5. The van der Waals surface area contributed by atoms with Crippen LogP contribution in [0, 0.1) is 0 Å². The number of nitrogens with one attached hydrogen (secondary N) is 3. The first-order valence-corrected chi connectivity index (χ1v) is 8.36. The van der Waals surface area contributed by atoms with Crippen LogP contribution in [0.2, 0.25) is 0 Å². The average Bonchev–Trinajstić information content (AvgIpc) is 2.69. The molecule has 0 saturated heterocycles. The van der Waals surface area contributed by atoms with Crippen LogP contribution in [0.4, 0.5) is 23.7 Å². The maximum Gasteiger partial charge on any atom is 0.416 e. The molecule has 0 aliphatic carbocycles. The van der Waals surface area contributed by atoms with E-state index in [-0.39, 0.29) is 24.0 Å². The van der Waals surface area contributed by atoms with Crippen LogP contribution in [0.25, 0.3) is 0 Å². The van der Waals surface area contributed by atoms with Crippen LogP contribution < -0.4 is 16.0 Å². The summed E-state index contributed by atoms with van der Waals surface area (Å²) >= 11 is 0. The lowest BCUT2D eigenvalue weighted by molar-refractivity contribution is -0.137. The molecule has 0 heterocycles. The highest BCUT2D eigenvalue weighted by atomic mass is 127. The molecule has 3 N–H and O–H groups in total. The van der Waals surface area contributed by atoms with E-state index in [2.05, 4.69) is 25.7 Å². The van der Waals surface area contributed by atoms with Gasteiger partial charge in [-0.15, -0.1) is 24.0 Å². The van der Waals surface area contributed by atoms with Gasteiger partial charge in [-0.2, -0.15) is 13.2 Å². The second-order valence-electron chi connectivity index (χ2n) is 5.79. The quantitative estimate of drug-likeness (QED) is 0.310. The minimum absolute atomic E-state index is 0. The number of anilines is 1. The summed E-state index contributed by atoms with van der Waals surface area (Å²) in [5.41, 5.74) is 1.59. The Hall–Kier alpha value is -2.50. The van der Waals surface area contributed by atoms with Crippen LogP contribution in [0.1, 0.15) is 16.7 Å². The first-order chi connectivity index (χ1) is 13.3. The van der Waals surface area contributed by atoms with Gasteiger partial charge >= 0.3 is 12.3 Å². The number of nitrogens with zero attached hydrogens (tertiary/aromatic N) is 1. The fourth-order valence-corrected chi connectivity index (χ4v) is 2.28. The predicted molar refractivity (Wildman–Crippen MR) is 116 cm³/mol. The van der Waals surface area contributed by atoms with Gasteiger partial charge in [0.05, 0.1) is 12.7 Å². The van der Waals surface area contributed by atoms with Crippen LogP contribution >= 0.6 is 24.0 Å². The largest absolute Gasteiger partial charge is 0.453 e. The monoisotopic (exact) mass is 522 g/mol. The number of carbonyl (C=O) groups is 1. The van der Waals surface area contributed by atoms with Crippen molar-refractivity contribution in [3.63, 3.8) is 0 Å². The van der Waals surface area contributed by atoms with Gasteiger partial charge in [0.25, 0.3) is 0 Å². The summed E-state index contributed by atoms with van der Waals surface area (Å²) in [5.74, 6) is 0.511. The van der Waals surface area contributed by atoms with Gasteiger partial charge in [-0.1, -0.05) is 24.3 Å². The Morgan fingerprint density at radius 2 is 1.45 bits per heavy atom. The van der Waals surface area contributed by atoms with Gasteiger partial charge in [-0.3, -0.25) is 10.3 Å². The topological polar surface area (TPSA) is 74.8 Å². The number of hydrogen-bond donors (Lipinski definition) is 3. The average molecular weight is 522 g/mol. The molecule has 0 aromatic heterocycles. The predicted octanol–water partition coefficient (Wildman–Crippen LogP) is 4.37. The van der Waals surface area contributed by atoms with E-state index in [1.54, 1.807) is 19.2 Å². The van der Waals surface area contributed by atoms with Crippen molar-refractivity contribution in [2.24, 2.45) is 4.99 Å². The molecule has 0 unspecified atom stereocenters. The Morgan fingerprint density at radius 3 is 1.86 bits per heavy atom. The summed E-state index contributed by atoms with van der Waals surface area (Å²) in [4.78, 5) is 15.2. The van der Waals surface area contributed by atoms with E-state index in [1.807, 2.05) is 12.1 Å². The molecule has 0 saturated carbocycles. The minimum Gasteiger partial charge on any atom is -0.453 e. The molecule has 0 radical (unpaired) electrons. The number of halogens is 4. The first-order valence-electron chi connectivity index (χ1n) is 8.36. The zero-order chi connectivity index (χ0) is 20.6. The molecule has 6 nitrogen and oxygen atoms in total. The molecule has 0 aliphatic heterocycles. The molecule has 0 aliphatic rings. The summed E-state index contributed by atoms with van der Waals surface area (Å²) in [5, 5.41) is 8.71. The summed E-state index contributed by atoms with van der Waals surface area (Å²) in [6, 6.07) is 12.1. The Balaban J connectivity index is 0.00000420. The summed E-state index contributed by atoms with van der Waals surface area (Å²) in [7, 11) is 2.89. The normalized spacial score (nSPS) is 11.3. The zero-order valence-electron chi connectivity index (χ0n) is 15.8. The van der Waals surface area contributed by atoms with E-state index < -0.39 is 17.8 Å². The fraction of sp³-hybridized carbons (Fsp3) is 0.263. The molecule has 0 atom stereocenters. The van der Waals surface area contributed by atoms with E-state index >= 15 is 0 Å². The number of methoxy groups -OCH3 is 1. The third-order valence-electron chi connectivity index (χ3n) is 3.81. The molecule has 0 bridgehead atoms. The molecule has 2 aromatic rings. The van der Waals surface area contributed by atoms with Gasteiger partial charge in [0.1, 0.15) is 0 Å². The van der Waals surface area contributed by atoms with Crippen molar-refractivity contribution < 1.29 is 22.7 Å². The molecule has 2 rings (SSSR count). The van der Waals surface area contributed by atoms with Gasteiger partial charge in [-0.25, -0.2) is 4.79 Å². The van der Waals surface area contributed by atoms with E-state index in [0.29, 0.717) is 30.3 Å². The highest BCUT2D eigenvalue weighted by Gasteiger charge is 2.29. The Kier molecular flexibility index (Phi) is 9.72. The maximum atomic E-state index is 12.6. The molecule has 1 amide bonds. The Labute approximate surface area is 184 Å². The second-order valence-corrected chi connectivity index (χ2v) is 5.79. The molecule has 0 fully saturated rings. The third kappa shape index (κ3) is 8.18. The van der Waals surface area contributed by atoms with Gasteiger partial charge < -0.3 is 15.4 Å². The van der Waals surface area contributed by atoms with Crippen molar-refractivity contribution in [1.82, 2.24) is 10.6 Å². The number of benzene rings is 2. The van der Waals surface area contributed by atoms with E-state index in [9.17, 15) is 18.0 Å². The van der Waals surface area contributed by atoms with Crippen LogP contribution in [0.3, 0.4) is 0 Å². The lowest BCUT2D eigenvalue weighted by Gasteiger charge is -2.13. The zero-order valence-corrected chi connectivity index (χ0v) is 18.2. The number of amides is 1. The van der Waals surface area contributed by atoms with Gasteiger partial charge in [0.2, 0.25) is 0 Å². The first kappa shape index (κ1) is 24.5. The summed E-state index contributed by atoms with van der Waals surface area (Å²) < 4.78 is 42.3. The van der Waals surface area contributed by atoms with Crippen molar-refractivity contribution in [2.45, 2.75) is 19.3 Å². The SMILES string of the molecule is CN=C(NCc1ccc(NC(=O)OC)cc1)NCc1ccc(C(F)(F)F)cc1.I. The Bertz CT molecular complexity index is 810. The van der Waals surface area contributed by atoms with Crippen LogP contribution in [0.5, 0.6) is 0 Å². The maximum absolute atomic E-state index is 12.6. The van der Waals surface area contributed by atoms with Crippen LogP contribution in [-0.2, 0) is 24.0 Å². The molecule has 158 valence electrons. The number of carbonyl (C=O) groups excluding carboxylic acids is 1. The number of aliphatic imine (C=N–C) groups is 1. The number of hydrogen-bond acceptors (Lipinski definition) is 3. The van der Waals surface area contributed by atoms with Crippen molar-refractivity contribution in [3.05, 3.63) is 65.2 Å². The number of ether oxygens (including phenoxy) is 1. The number of guanidine groups is 1. The van der Waals surface area contributed by atoms with Crippen molar-refractivity contribution in [3.8, 4) is 0 Å². The lowest BCUT2D eigenvalue weighted by atomic mass is 10.1. The number of alkyl halides is 3. The highest BCUT2D eigenvalue weighted by molar-refractivity contribution is 14.0. The van der Waals surface area contributed by atoms with Gasteiger partial charge in [0.15, 0.2) is 5.96 Å². The van der Waals surface area contributed by atoms with E-state index in [0.717, 1.165) is 17.7 Å². The van der Waals surface area contributed by atoms with Crippen molar-refractivity contribution in [2.75, 3.05) is 19.5 Å². The highest BCUT2D eigenvalue weighted by Crippen LogP contribution is 2.29. The van der Waals surface area contributed by atoms with Crippen molar-refractivity contribution >= 4 is 41.7 Å².